The number of aromatic amines is 1. The Hall–Kier alpha value is -2.66. The molecule has 0 bridgehead atoms. The molecule has 0 radical (unpaired) electrons. The fourth-order valence-corrected chi connectivity index (χ4v) is 2.98. The number of aryl methyl sites for hydroxylation is 1. The maximum Gasteiger partial charge on any atom is 0.206 e. The van der Waals surface area contributed by atoms with Crippen LogP contribution in [0.4, 0.5) is 0 Å². The summed E-state index contributed by atoms with van der Waals surface area (Å²) in [6.45, 7) is 6.38. The molecule has 1 aromatic carbocycles. The maximum absolute atomic E-state index is 4.60. The molecule has 0 aliphatic heterocycles. The van der Waals surface area contributed by atoms with E-state index >= 15 is 0 Å². The molecule has 0 saturated carbocycles. The van der Waals surface area contributed by atoms with Gasteiger partial charge in [0.2, 0.25) is 4.80 Å². The van der Waals surface area contributed by atoms with Gasteiger partial charge in [-0.15, -0.1) is 17.9 Å². The van der Waals surface area contributed by atoms with Crippen molar-refractivity contribution in [3.8, 4) is 11.3 Å². The highest BCUT2D eigenvalue weighted by Crippen LogP contribution is 2.20. The average molecular weight is 322 g/mol. The molecular formula is C18H18N4S. The van der Waals surface area contributed by atoms with Crippen molar-refractivity contribution in [1.82, 2.24) is 9.66 Å². The number of nitrogens with zero attached hydrogens (tertiary/aromatic N) is 3. The van der Waals surface area contributed by atoms with Gasteiger partial charge in [0.05, 0.1) is 24.1 Å². The van der Waals surface area contributed by atoms with Crippen molar-refractivity contribution in [1.29, 1.82) is 0 Å². The Labute approximate surface area is 139 Å². The topological polar surface area (TPSA) is 45.4 Å². The molecular weight excluding hydrogens is 304 g/mol. The Balaban J connectivity index is 2.07. The second-order valence-corrected chi connectivity index (χ2v) is 5.92. The van der Waals surface area contributed by atoms with Crippen LogP contribution in [0.2, 0.25) is 0 Å². The van der Waals surface area contributed by atoms with Crippen molar-refractivity contribution in [3.63, 3.8) is 0 Å². The van der Waals surface area contributed by atoms with E-state index in [-0.39, 0.29) is 0 Å². The lowest BCUT2D eigenvalue weighted by molar-refractivity contribution is 0.840. The van der Waals surface area contributed by atoms with Crippen molar-refractivity contribution in [2.24, 2.45) is 10.1 Å². The van der Waals surface area contributed by atoms with Gasteiger partial charge in [-0.25, -0.2) is 4.68 Å². The van der Waals surface area contributed by atoms with E-state index in [1.807, 2.05) is 23.0 Å². The van der Waals surface area contributed by atoms with Crippen LogP contribution in [-0.4, -0.2) is 22.4 Å². The quantitative estimate of drug-likeness (QED) is 0.548. The van der Waals surface area contributed by atoms with Gasteiger partial charge in [-0.1, -0.05) is 35.9 Å². The van der Waals surface area contributed by atoms with Gasteiger partial charge in [0.1, 0.15) is 0 Å². The largest absolute Gasteiger partial charge is 0.360 e. The third-order valence-corrected chi connectivity index (χ3v) is 4.18. The Morgan fingerprint density at radius 2 is 2.09 bits per heavy atom. The predicted molar refractivity (Wildman–Crippen MR) is 96.9 cm³/mol. The summed E-state index contributed by atoms with van der Waals surface area (Å²) < 4.78 is 1.87. The van der Waals surface area contributed by atoms with Crippen LogP contribution in [0.3, 0.4) is 0 Å². The predicted octanol–water partition coefficient (Wildman–Crippen LogP) is 3.82. The highest BCUT2D eigenvalue weighted by molar-refractivity contribution is 7.07. The van der Waals surface area contributed by atoms with Crippen LogP contribution >= 0.6 is 11.3 Å². The first-order valence-electron chi connectivity index (χ1n) is 7.34. The first-order chi connectivity index (χ1) is 11.3. The van der Waals surface area contributed by atoms with E-state index in [9.17, 15) is 0 Å². The number of nitrogens with one attached hydrogen (secondary N) is 1. The third-order valence-electron chi connectivity index (χ3n) is 3.32. The van der Waals surface area contributed by atoms with Crippen LogP contribution < -0.4 is 4.80 Å². The SMILES string of the molecule is C=CCN=c1scc(-c2ccc(C)cc2)n1N=Cc1ccc[nH]1. The summed E-state index contributed by atoms with van der Waals surface area (Å²) in [5.41, 5.74) is 4.34. The third kappa shape index (κ3) is 3.57. The number of hydrogen-bond acceptors (Lipinski definition) is 3. The molecule has 0 fully saturated rings. The molecule has 2 heterocycles. The fraction of sp³-hybridized carbons (Fsp3) is 0.111. The standard InChI is InChI=1S/C18H18N4S/c1-3-10-20-18-22(21-12-16-5-4-11-19-16)17(13-23-18)15-8-6-14(2)7-9-15/h3-9,11-13,19H,1,10H2,2H3. The van der Waals surface area contributed by atoms with Crippen molar-refractivity contribution in [2.45, 2.75) is 6.92 Å². The lowest BCUT2D eigenvalue weighted by Crippen LogP contribution is -2.12. The summed E-state index contributed by atoms with van der Waals surface area (Å²) in [4.78, 5) is 8.50. The molecule has 3 aromatic rings. The zero-order valence-corrected chi connectivity index (χ0v) is 13.8. The zero-order chi connectivity index (χ0) is 16.1. The summed E-state index contributed by atoms with van der Waals surface area (Å²) in [6, 6.07) is 12.3. The number of hydrogen-bond donors (Lipinski definition) is 1. The molecule has 0 aliphatic rings. The monoisotopic (exact) mass is 322 g/mol. The first-order valence-corrected chi connectivity index (χ1v) is 8.22. The highest BCUT2D eigenvalue weighted by Gasteiger charge is 2.07. The molecule has 0 atom stereocenters. The smallest absolute Gasteiger partial charge is 0.206 e. The number of thiazole rings is 1. The van der Waals surface area contributed by atoms with Crippen LogP contribution in [0.1, 0.15) is 11.3 Å². The molecule has 1 N–H and O–H groups in total. The van der Waals surface area contributed by atoms with E-state index < -0.39 is 0 Å². The number of rotatable bonds is 5. The number of benzene rings is 1. The molecule has 0 amide bonds. The Bertz CT molecular complexity index is 865. The molecule has 0 aliphatic carbocycles. The van der Waals surface area contributed by atoms with E-state index in [1.165, 1.54) is 5.56 Å². The van der Waals surface area contributed by atoms with Crippen LogP contribution in [0.5, 0.6) is 0 Å². The Morgan fingerprint density at radius 1 is 1.26 bits per heavy atom. The minimum Gasteiger partial charge on any atom is -0.360 e. The van der Waals surface area contributed by atoms with Gasteiger partial charge in [-0.3, -0.25) is 4.99 Å². The molecule has 2 aromatic heterocycles. The van der Waals surface area contributed by atoms with E-state index in [4.69, 9.17) is 0 Å². The first kappa shape index (κ1) is 15.2. The normalized spacial score (nSPS) is 12.1. The minimum absolute atomic E-state index is 0.575. The van der Waals surface area contributed by atoms with Crippen LogP contribution in [-0.2, 0) is 0 Å². The average Bonchev–Trinajstić information content (AvgIpc) is 3.21. The lowest BCUT2D eigenvalue weighted by Gasteiger charge is -2.03. The fourth-order valence-electron chi connectivity index (χ4n) is 2.13. The summed E-state index contributed by atoms with van der Waals surface area (Å²) in [7, 11) is 0. The molecule has 0 spiro atoms. The van der Waals surface area contributed by atoms with E-state index in [0.717, 1.165) is 21.8 Å². The Morgan fingerprint density at radius 3 is 2.78 bits per heavy atom. The second-order valence-electron chi connectivity index (χ2n) is 5.08. The second kappa shape index (κ2) is 7.07. The molecule has 5 heteroatoms. The van der Waals surface area contributed by atoms with Crippen molar-refractivity contribution < 1.29 is 0 Å². The summed E-state index contributed by atoms with van der Waals surface area (Å²) >= 11 is 1.58. The van der Waals surface area contributed by atoms with Crippen molar-refractivity contribution >= 4 is 17.6 Å². The molecule has 116 valence electrons. The molecule has 23 heavy (non-hydrogen) atoms. The van der Waals surface area contributed by atoms with Gasteiger partial charge in [-0.05, 0) is 19.1 Å². The maximum atomic E-state index is 4.60. The van der Waals surface area contributed by atoms with Crippen molar-refractivity contribution in [2.75, 3.05) is 6.54 Å². The number of H-pyrrole nitrogens is 1. The molecule has 3 rings (SSSR count). The van der Waals surface area contributed by atoms with Gasteiger partial charge in [0.25, 0.3) is 0 Å². The van der Waals surface area contributed by atoms with Crippen LogP contribution in [0, 0.1) is 6.92 Å². The molecule has 0 saturated heterocycles. The molecule has 0 unspecified atom stereocenters. The van der Waals surface area contributed by atoms with Crippen LogP contribution in [0.15, 0.2) is 70.7 Å². The van der Waals surface area contributed by atoms with Gasteiger partial charge >= 0.3 is 0 Å². The summed E-state index contributed by atoms with van der Waals surface area (Å²) in [5.74, 6) is 0. The van der Waals surface area contributed by atoms with Crippen LogP contribution in [0.25, 0.3) is 11.3 Å². The Kier molecular flexibility index (Phi) is 4.68. The zero-order valence-electron chi connectivity index (χ0n) is 12.9. The molecule has 4 nitrogen and oxygen atoms in total. The van der Waals surface area contributed by atoms with Gasteiger partial charge in [0, 0.05) is 17.1 Å². The summed E-state index contributed by atoms with van der Waals surface area (Å²) in [5, 5.41) is 6.69. The van der Waals surface area contributed by atoms with E-state index in [0.29, 0.717) is 6.54 Å². The lowest BCUT2D eigenvalue weighted by atomic mass is 10.1. The van der Waals surface area contributed by atoms with Crippen molar-refractivity contribution in [3.05, 3.63) is 76.7 Å². The van der Waals surface area contributed by atoms with E-state index in [2.05, 4.69) is 58.2 Å². The van der Waals surface area contributed by atoms with E-state index in [1.54, 1.807) is 23.6 Å². The summed E-state index contributed by atoms with van der Waals surface area (Å²) in [6.07, 6.45) is 5.46. The van der Waals surface area contributed by atoms with Gasteiger partial charge in [0.15, 0.2) is 0 Å². The number of aromatic nitrogens is 2. The van der Waals surface area contributed by atoms with Gasteiger partial charge in [-0.2, -0.15) is 5.10 Å². The minimum atomic E-state index is 0.575. The highest BCUT2D eigenvalue weighted by atomic mass is 32.1. The van der Waals surface area contributed by atoms with Gasteiger partial charge < -0.3 is 4.98 Å².